The molecule has 18 heavy (non-hydrogen) atoms. The lowest BCUT2D eigenvalue weighted by molar-refractivity contribution is -0.145. The molecule has 1 aliphatic heterocycles. The van der Waals surface area contributed by atoms with Crippen LogP contribution in [0.2, 0.25) is 0 Å². The highest BCUT2D eigenvalue weighted by Crippen LogP contribution is 2.18. The van der Waals surface area contributed by atoms with E-state index in [9.17, 15) is 9.59 Å². The van der Waals surface area contributed by atoms with Gasteiger partial charge in [-0.05, 0) is 24.5 Å². The largest absolute Gasteiger partial charge is 0.481 e. The minimum Gasteiger partial charge on any atom is -0.481 e. The topological polar surface area (TPSA) is 77.8 Å². The minimum absolute atomic E-state index is 0.0778. The third-order valence-electron chi connectivity index (χ3n) is 3.14. The number of hydrogen-bond acceptors (Lipinski definition) is 4. The number of thioether (sulfide) groups is 1. The van der Waals surface area contributed by atoms with E-state index in [0.29, 0.717) is 31.7 Å². The predicted molar refractivity (Wildman–Crippen MR) is 70.5 cm³/mol. The van der Waals surface area contributed by atoms with E-state index in [0.717, 1.165) is 5.75 Å². The molecule has 1 fully saturated rings. The van der Waals surface area contributed by atoms with Crippen molar-refractivity contribution in [3.8, 4) is 0 Å². The number of aliphatic hydroxyl groups excluding tert-OH is 1. The van der Waals surface area contributed by atoms with Crippen molar-refractivity contribution < 1.29 is 19.8 Å². The molecule has 104 valence electrons. The number of rotatable bonds is 6. The van der Waals surface area contributed by atoms with Gasteiger partial charge in [0, 0.05) is 19.7 Å². The number of nitrogens with zero attached hydrogens (tertiary/aromatic N) is 1. The fourth-order valence-corrected chi connectivity index (χ4v) is 2.85. The van der Waals surface area contributed by atoms with E-state index in [1.807, 2.05) is 6.92 Å². The van der Waals surface area contributed by atoms with Gasteiger partial charge in [-0.1, -0.05) is 6.92 Å². The lowest BCUT2D eigenvalue weighted by atomic mass is 9.97. The molecule has 0 spiro atoms. The van der Waals surface area contributed by atoms with E-state index in [2.05, 4.69) is 0 Å². The second-order valence-electron chi connectivity index (χ2n) is 4.80. The summed E-state index contributed by atoms with van der Waals surface area (Å²) in [6.07, 6.45) is 1.11. The molecule has 0 radical (unpaired) electrons. The predicted octanol–water partition coefficient (Wildman–Crippen LogP) is 0.671. The Morgan fingerprint density at radius 1 is 1.39 bits per heavy atom. The van der Waals surface area contributed by atoms with Gasteiger partial charge in [0.2, 0.25) is 5.91 Å². The maximum atomic E-state index is 11.8. The first kappa shape index (κ1) is 15.3. The summed E-state index contributed by atoms with van der Waals surface area (Å²) in [5, 5.41) is 17.7. The summed E-state index contributed by atoms with van der Waals surface area (Å²) in [6, 6.07) is 0. The second-order valence-corrected chi connectivity index (χ2v) is 5.83. The summed E-state index contributed by atoms with van der Waals surface area (Å²) in [6.45, 7) is 3.18. The van der Waals surface area contributed by atoms with Gasteiger partial charge in [-0.15, -0.1) is 0 Å². The van der Waals surface area contributed by atoms with Gasteiger partial charge in [-0.2, -0.15) is 11.8 Å². The first-order valence-electron chi connectivity index (χ1n) is 6.23. The molecule has 1 amide bonds. The van der Waals surface area contributed by atoms with Crippen molar-refractivity contribution in [1.82, 2.24) is 4.90 Å². The molecule has 5 nitrogen and oxygen atoms in total. The van der Waals surface area contributed by atoms with Gasteiger partial charge in [0.1, 0.15) is 0 Å². The zero-order valence-corrected chi connectivity index (χ0v) is 11.5. The van der Waals surface area contributed by atoms with Gasteiger partial charge < -0.3 is 15.1 Å². The number of carbonyl (C=O) groups excluding carboxylic acids is 1. The fraction of sp³-hybridized carbons (Fsp3) is 0.833. The number of carboxylic acid groups (broad SMARTS) is 1. The summed E-state index contributed by atoms with van der Waals surface area (Å²) in [4.78, 5) is 24.4. The van der Waals surface area contributed by atoms with Crippen LogP contribution >= 0.6 is 11.8 Å². The van der Waals surface area contributed by atoms with E-state index in [4.69, 9.17) is 10.2 Å². The molecule has 0 aromatic heterocycles. The highest BCUT2D eigenvalue weighted by Gasteiger charge is 2.26. The van der Waals surface area contributed by atoms with Crippen molar-refractivity contribution in [2.24, 2.45) is 11.8 Å². The quantitative estimate of drug-likeness (QED) is 0.745. The Balaban J connectivity index is 2.22. The van der Waals surface area contributed by atoms with E-state index >= 15 is 0 Å². The molecule has 1 aliphatic rings. The molecule has 1 unspecified atom stereocenters. The summed E-state index contributed by atoms with van der Waals surface area (Å²) in [5.41, 5.74) is 0. The van der Waals surface area contributed by atoms with Crippen molar-refractivity contribution in [3.05, 3.63) is 0 Å². The summed E-state index contributed by atoms with van der Waals surface area (Å²) < 4.78 is 0. The lowest BCUT2D eigenvalue weighted by Gasteiger charge is -2.30. The molecule has 1 rings (SSSR count). The van der Waals surface area contributed by atoms with Crippen LogP contribution in [0, 0.1) is 11.8 Å². The molecule has 0 bridgehead atoms. The van der Waals surface area contributed by atoms with Crippen molar-refractivity contribution >= 4 is 23.6 Å². The van der Waals surface area contributed by atoms with Gasteiger partial charge in [0.25, 0.3) is 0 Å². The standard InChI is InChI=1S/C12H21NO4S/c1-9(6-14)7-18-8-11(15)13-4-2-10(3-5-13)12(16)17/h9-10,14H,2-8H2,1H3,(H,16,17). The highest BCUT2D eigenvalue weighted by molar-refractivity contribution is 7.99. The lowest BCUT2D eigenvalue weighted by Crippen LogP contribution is -2.41. The molecule has 0 aromatic rings. The Hall–Kier alpha value is -0.750. The number of aliphatic hydroxyl groups is 1. The van der Waals surface area contributed by atoms with Crippen LogP contribution in [0.25, 0.3) is 0 Å². The van der Waals surface area contributed by atoms with Crippen LogP contribution in [0.15, 0.2) is 0 Å². The number of aliphatic carboxylic acids is 1. The van der Waals surface area contributed by atoms with Crippen LogP contribution < -0.4 is 0 Å². The Morgan fingerprint density at radius 3 is 2.50 bits per heavy atom. The molecular weight excluding hydrogens is 254 g/mol. The molecule has 2 N–H and O–H groups in total. The molecule has 1 heterocycles. The number of hydrogen-bond donors (Lipinski definition) is 2. The average molecular weight is 275 g/mol. The van der Waals surface area contributed by atoms with E-state index in [-0.39, 0.29) is 24.3 Å². The first-order valence-corrected chi connectivity index (χ1v) is 7.39. The highest BCUT2D eigenvalue weighted by atomic mass is 32.2. The number of carbonyl (C=O) groups is 2. The Kier molecular flexibility index (Phi) is 6.49. The molecule has 0 saturated carbocycles. The van der Waals surface area contributed by atoms with Crippen molar-refractivity contribution in [2.45, 2.75) is 19.8 Å². The van der Waals surface area contributed by atoms with Crippen LogP contribution in [0.1, 0.15) is 19.8 Å². The molecule has 0 aliphatic carbocycles. The zero-order valence-electron chi connectivity index (χ0n) is 10.7. The number of carboxylic acids is 1. The van der Waals surface area contributed by atoms with Gasteiger partial charge in [-0.3, -0.25) is 9.59 Å². The van der Waals surface area contributed by atoms with Crippen LogP contribution in [-0.4, -0.2) is 58.2 Å². The van der Waals surface area contributed by atoms with Gasteiger partial charge in [-0.25, -0.2) is 0 Å². The minimum atomic E-state index is -0.756. The Morgan fingerprint density at radius 2 is 2.00 bits per heavy atom. The molecular formula is C12H21NO4S. The normalized spacial score (nSPS) is 18.7. The fourth-order valence-electron chi connectivity index (χ4n) is 1.87. The smallest absolute Gasteiger partial charge is 0.306 e. The van der Waals surface area contributed by atoms with E-state index < -0.39 is 5.97 Å². The maximum absolute atomic E-state index is 11.8. The van der Waals surface area contributed by atoms with Gasteiger partial charge >= 0.3 is 5.97 Å². The summed E-state index contributed by atoms with van der Waals surface area (Å²) >= 11 is 1.53. The van der Waals surface area contributed by atoms with Crippen LogP contribution in [0.5, 0.6) is 0 Å². The Bertz CT molecular complexity index is 290. The second kappa shape index (κ2) is 7.63. The molecule has 6 heteroatoms. The SMILES string of the molecule is CC(CO)CSCC(=O)N1CCC(C(=O)O)CC1. The third-order valence-corrected chi connectivity index (χ3v) is 4.39. The molecule has 1 atom stereocenters. The van der Waals surface area contributed by atoms with E-state index in [1.165, 1.54) is 11.8 Å². The number of likely N-dealkylation sites (tertiary alicyclic amines) is 1. The average Bonchev–Trinajstić information content (AvgIpc) is 2.38. The summed E-state index contributed by atoms with van der Waals surface area (Å²) in [5.74, 6) is 0.425. The van der Waals surface area contributed by atoms with Gasteiger partial charge in [0.15, 0.2) is 0 Å². The van der Waals surface area contributed by atoms with Crippen molar-refractivity contribution in [3.63, 3.8) is 0 Å². The van der Waals surface area contributed by atoms with Crippen LogP contribution in [0.3, 0.4) is 0 Å². The molecule has 0 aromatic carbocycles. The maximum Gasteiger partial charge on any atom is 0.306 e. The number of piperidine rings is 1. The zero-order chi connectivity index (χ0) is 13.5. The van der Waals surface area contributed by atoms with Gasteiger partial charge in [0.05, 0.1) is 11.7 Å². The van der Waals surface area contributed by atoms with Crippen LogP contribution in [-0.2, 0) is 9.59 Å². The summed E-state index contributed by atoms with van der Waals surface area (Å²) in [7, 11) is 0. The third kappa shape index (κ3) is 4.86. The van der Waals surface area contributed by atoms with Crippen molar-refractivity contribution in [1.29, 1.82) is 0 Å². The molecule has 1 saturated heterocycles. The van der Waals surface area contributed by atoms with E-state index in [1.54, 1.807) is 4.90 Å². The monoisotopic (exact) mass is 275 g/mol. The van der Waals surface area contributed by atoms with Crippen LogP contribution in [0.4, 0.5) is 0 Å². The first-order chi connectivity index (χ1) is 8.54. The van der Waals surface area contributed by atoms with Crippen molar-refractivity contribution in [2.75, 3.05) is 31.2 Å². The number of amides is 1. The Labute approximate surface area is 112 Å².